The largest absolute Gasteiger partial charge is 0.496 e. The predicted octanol–water partition coefficient (Wildman–Crippen LogP) is 4.02. The molecule has 0 unspecified atom stereocenters. The maximum absolute atomic E-state index is 13.0. The highest BCUT2D eigenvalue weighted by Gasteiger charge is 2.29. The van der Waals surface area contributed by atoms with Crippen LogP contribution in [0.25, 0.3) is 0 Å². The monoisotopic (exact) mass is 422 g/mol. The molecule has 1 amide bonds. The second kappa shape index (κ2) is 8.51. The van der Waals surface area contributed by atoms with Crippen molar-refractivity contribution in [3.8, 4) is 5.75 Å². The fourth-order valence-electron chi connectivity index (χ4n) is 3.13. The number of carbonyl (C=O) groups is 1. The second-order valence-corrected chi connectivity index (χ2v) is 9.28. The molecule has 0 bridgehead atoms. The number of nitrogens with zero attached hydrogens (tertiary/aromatic N) is 1. The standard InChI is InChI=1S/C20H23ClN2O4S/c1-14-9-11-23(12-10-14)28(25,26)17-7-8-19(27-2)18(13-17)20(24)22-16-5-3-15(21)4-6-16/h3-8,13-14H,9-12H2,1-2H3,(H,22,24). The van der Waals surface area contributed by atoms with Gasteiger partial charge in [0.15, 0.2) is 0 Å². The molecule has 1 aliphatic rings. The average Bonchev–Trinajstić information content (AvgIpc) is 2.69. The van der Waals surface area contributed by atoms with Crippen LogP contribution in [0.1, 0.15) is 30.1 Å². The molecule has 1 aliphatic heterocycles. The Morgan fingerprint density at radius 3 is 2.39 bits per heavy atom. The van der Waals surface area contributed by atoms with E-state index in [9.17, 15) is 13.2 Å². The fraction of sp³-hybridized carbons (Fsp3) is 0.350. The number of ether oxygens (including phenoxy) is 1. The maximum atomic E-state index is 13.0. The maximum Gasteiger partial charge on any atom is 0.259 e. The van der Waals surface area contributed by atoms with Gasteiger partial charge in [-0.3, -0.25) is 4.79 Å². The summed E-state index contributed by atoms with van der Waals surface area (Å²) in [5.41, 5.74) is 0.707. The van der Waals surface area contributed by atoms with Crippen LogP contribution in [-0.2, 0) is 10.0 Å². The number of hydrogen-bond donors (Lipinski definition) is 1. The van der Waals surface area contributed by atoms with Gasteiger partial charge in [-0.2, -0.15) is 4.31 Å². The normalized spacial score (nSPS) is 16.0. The van der Waals surface area contributed by atoms with Crippen LogP contribution >= 0.6 is 11.6 Å². The Morgan fingerprint density at radius 2 is 1.79 bits per heavy atom. The van der Waals surface area contributed by atoms with E-state index in [1.54, 1.807) is 24.3 Å². The summed E-state index contributed by atoms with van der Waals surface area (Å²) in [5, 5.41) is 3.29. The number of carbonyl (C=O) groups excluding carboxylic acids is 1. The molecule has 0 atom stereocenters. The highest BCUT2D eigenvalue weighted by atomic mass is 35.5. The summed E-state index contributed by atoms with van der Waals surface area (Å²) < 4.78 is 32.7. The van der Waals surface area contributed by atoms with Gasteiger partial charge in [0.2, 0.25) is 10.0 Å². The van der Waals surface area contributed by atoms with Crippen LogP contribution in [0.3, 0.4) is 0 Å². The first-order valence-corrected chi connectivity index (χ1v) is 10.9. The van der Waals surface area contributed by atoms with Gasteiger partial charge in [0, 0.05) is 23.8 Å². The van der Waals surface area contributed by atoms with Gasteiger partial charge in [-0.1, -0.05) is 18.5 Å². The zero-order valence-electron chi connectivity index (χ0n) is 15.8. The van der Waals surface area contributed by atoms with Crippen molar-refractivity contribution in [1.29, 1.82) is 0 Å². The van der Waals surface area contributed by atoms with Crippen molar-refractivity contribution < 1.29 is 17.9 Å². The molecule has 0 aromatic heterocycles. The molecule has 8 heteroatoms. The molecule has 1 saturated heterocycles. The summed E-state index contributed by atoms with van der Waals surface area (Å²) in [6, 6.07) is 11.0. The molecule has 1 heterocycles. The Morgan fingerprint density at radius 1 is 1.14 bits per heavy atom. The molecular weight excluding hydrogens is 400 g/mol. The molecule has 1 fully saturated rings. The lowest BCUT2D eigenvalue weighted by Gasteiger charge is -2.29. The molecule has 0 spiro atoms. The van der Waals surface area contributed by atoms with Crippen molar-refractivity contribution in [2.75, 3.05) is 25.5 Å². The minimum absolute atomic E-state index is 0.0871. The topological polar surface area (TPSA) is 75.7 Å². The van der Waals surface area contributed by atoms with Gasteiger partial charge in [-0.05, 0) is 61.2 Å². The van der Waals surface area contributed by atoms with Crippen LogP contribution in [0.4, 0.5) is 5.69 Å². The van der Waals surface area contributed by atoms with Crippen molar-refractivity contribution in [2.24, 2.45) is 5.92 Å². The summed E-state index contributed by atoms with van der Waals surface area (Å²) in [7, 11) is -2.23. The number of hydrogen-bond acceptors (Lipinski definition) is 4. The lowest BCUT2D eigenvalue weighted by molar-refractivity contribution is 0.102. The number of methoxy groups -OCH3 is 1. The van der Waals surface area contributed by atoms with Gasteiger partial charge in [0.05, 0.1) is 17.6 Å². The highest BCUT2D eigenvalue weighted by Crippen LogP contribution is 2.28. The number of piperidine rings is 1. The Bertz CT molecular complexity index is 953. The Labute approximate surface area is 170 Å². The average molecular weight is 423 g/mol. The first-order valence-electron chi connectivity index (χ1n) is 9.06. The lowest BCUT2D eigenvalue weighted by Crippen LogP contribution is -2.37. The van der Waals surface area contributed by atoms with Gasteiger partial charge in [-0.15, -0.1) is 0 Å². The zero-order chi connectivity index (χ0) is 20.3. The van der Waals surface area contributed by atoms with Crippen LogP contribution in [0.5, 0.6) is 5.75 Å². The van der Waals surface area contributed by atoms with Gasteiger partial charge in [0.1, 0.15) is 5.75 Å². The summed E-state index contributed by atoms with van der Waals surface area (Å²) in [6.45, 7) is 3.10. The highest BCUT2D eigenvalue weighted by molar-refractivity contribution is 7.89. The minimum atomic E-state index is -3.66. The number of sulfonamides is 1. The molecule has 28 heavy (non-hydrogen) atoms. The Hall–Kier alpha value is -2.09. The second-order valence-electron chi connectivity index (χ2n) is 6.91. The van der Waals surface area contributed by atoms with Crippen molar-refractivity contribution in [2.45, 2.75) is 24.7 Å². The third-order valence-corrected chi connectivity index (χ3v) is 7.04. The van der Waals surface area contributed by atoms with Crippen LogP contribution in [-0.4, -0.2) is 38.8 Å². The van der Waals surface area contributed by atoms with E-state index in [1.807, 2.05) is 0 Å². The van der Waals surface area contributed by atoms with Crippen LogP contribution in [0.2, 0.25) is 5.02 Å². The smallest absolute Gasteiger partial charge is 0.259 e. The van der Waals surface area contributed by atoms with Crippen molar-refractivity contribution in [3.63, 3.8) is 0 Å². The lowest BCUT2D eigenvalue weighted by atomic mass is 10.0. The summed E-state index contributed by atoms with van der Waals surface area (Å²) in [6.07, 6.45) is 1.67. The van der Waals surface area contributed by atoms with E-state index in [4.69, 9.17) is 16.3 Å². The number of benzene rings is 2. The molecule has 0 saturated carbocycles. The number of anilines is 1. The summed E-state index contributed by atoms with van der Waals surface area (Å²) in [5.74, 6) is 0.365. The molecule has 6 nitrogen and oxygen atoms in total. The molecule has 1 N–H and O–H groups in total. The van der Waals surface area contributed by atoms with Gasteiger partial charge in [-0.25, -0.2) is 8.42 Å². The van der Waals surface area contributed by atoms with E-state index >= 15 is 0 Å². The number of halogens is 1. The molecule has 2 aromatic rings. The summed E-state index contributed by atoms with van der Waals surface area (Å²) >= 11 is 5.86. The van der Waals surface area contributed by atoms with Crippen LogP contribution in [0.15, 0.2) is 47.4 Å². The van der Waals surface area contributed by atoms with E-state index < -0.39 is 15.9 Å². The van der Waals surface area contributed by atoms with Crippen molar-refractivity contribution in [3.05, 3.63) is 53.1 Å². The van der Waals surface area contributed by atoms with E-state index in [1.165, 1.54) is 29.6 Å². The first-order chi connectivity index (χ1) is 13.3. The number of rotatable bonds is 5. The van der Waals surface area contributed by atoms with Gasteiger partial charge < -0.3 is 10.1 Å². The predicted molar refractivity (Wildman–Crippen MR) is 110 cm³/mol. The van der Waals surface area contributed by atoms with Crippen molar-refractivity contribution >= 4 is 33.2 Å². The number of nitrogens with one attached hydrogen (secondary N) is 1. The Kier molecular flexibility index (Phi) is 6.27. The summed E-state index contributed by atoms with van der Waals surface area (Å²) in [4.78, 5) is 12.8. The van der Waals surface area contributed by atoms with Crippen LogP contribution < -0.4 is 10.1 Å². The SMILES string of the molecule is COc1ccc(S(=O)(=O)N2CCC(C)CC2)cc1C(=O)Nc1ccc(Cl)cc1. The van der Waals surface area contributed by atoms with E-state index in [0.29, 0.717) is 35.5 Å². The van der Waals surface area contributed by atoms with E-state index in [-0.39, 0.29) is 10.5 Å². The van der Waals surface area contributed by atoms with E-state index in [2.05, 4.69) is 12.2 Å². The fourth-order valence-corrected chi connectivity index (χ4v) is 4.75. The molecule has 0 radical (unpaired) electrons. The molecule has 3 rings (SSSR count). The molecule has 150 valence electrons. The number of amides is 1. The van der Waals surface area contributed by atoms with E-state index in [0.717, 1.165) is 12.8 Å². The van der Waals surface area contributed by atoms with Gasteiger partial charge in [0.25, 0.3) is 5.91 Å². The molecular formula is C20H23ClN2O4S. The first kappa shape index (κ1) is 20.6. The van der Waals surface area contributed by atoms with Crippen molar-refractivity contribution in [1.82, 2.24) is 4.31 Å². The zero-order valence-corrected chi connectivity index (χ0v) is 17.4. The quantitative estimate of drug-likeness (QED) is 0.789. The minimum Gasteiger partial charge on any atom is -0.496 e. The third kappa shape index (κ3) is 4.48. The third-order valence-electron chi connectivity index (χ3n) is 4.90. The molecule has 2 aromatic carbocycles. The van der Waals surface area contributed by atoms with Gasteiger partial charge >= 0.3 is 0 Å². The molecule has 0 aliphatic carbocycles. The Balaban J connectivity index is 1.89. The van der Waals surface area contributed by atoms with Crippen LogP contribution in [0, 0.1) is 5.92 Å².